The summed E-state index contributed by atoms with van der Waals surface area (Å²) in [6.07, 6.45) is 3.71. The highest BCUT2D eigenvalue weighted by Crippen LogP contribution is 2.13. The predicted octanol–water partition coefficient (Wildman–Crippen LogP) is 1.69. The molecule has 0 saturated carbocycles. The highest BCUT2D eigenvalue weighted by Gasteiger charge is 2.22. The molecule has 1 aliphatic heterocycles. The molecule has 2 heterocycles. The highest BCUT2D eigenvalue weighted by atomic mass is 19.3. The molecule has 1 atom stereocenters. The van der Waals surface area contributed by atoms with E-state index in [4.69, 9.17) is 4.74 Å². The Morgan fingerprint density at radius 2 is 2.04 bits per heavy atom. The lowest BCUT2D eigenvalue weighted by Crippen LogP contribution is -2.51. The Balaban J connectivity index is 1.87. The molecule has 0 spiro atoms. The summed E-state index contributed by atoms with van der Waals surface area (Å²) in [7, 11) is 1.67. The Morgan fingerprint density at radius 1 is 1.31 bits per heavy atom. The number of rotatable bonds is 8. The third kappa shape index (κ3) is 6.21. The molecule has 1 aliphatic rings. The van der Waals surface area contributed by atoms with Crippen LogP contribution in [0.15, 0.2) is 17.4 Å². The van der Waals surface area contributed by atoms with Gasteiger partial charge in [-0.25, -0.2) is 4.98 Å². The molecule has 2 rings (SSSR count). The van der Waals surface area contributed by atoms with E-state index in [2.05, 4.69) is 39.4 Å². The standard InChI is InChI=1S/C17H30F2N6O/c1-13(2)10-14(24-6-8-26-9-7-24)11-22-17(20-3)23-12-15-21-4-5-25(15)16(18)19/h4-5,13-14,16H,6-12H2,1-3H3,(H2,20,22,23). The second kappa shape index (κ2) is 10.4. The fourth-order valence-electron chi connectivity index (χ4n) is 3.10. The molecule has 1 aromatic rings. The average molecular weight is 372 g/mol. The van der Waals surface area contributed by atoms with Crippen LogP contribution in [-0.2, 0) is 11.3 Å². The molecule has 1 aromatic heterocycles. The molecule has 2 N–H and O–H groups in total. The summed E-state index contributed by atoms with van der Waals surface area (Å²) >= 11 is 0. The van der Waals surface area contributed by atoms with Crippen molar-refractivity contribution in [2.24, 2.45) is 10.9 Å². The van der Waals surface area contributed by atoms with Crippen molar-refractivity contribution in [3.05, 3.63) is 18.2 Å². The van der Waals surface area contributed by atoms with Crippen LogP contribution in [0.5, 0.6) is 0 Å². The van der Waals surface area contributed by atoms with Crippen LogP contribution < -0.4 is 10.6 Å². The molecule has 0 amide bonds. The van der Waals surface area contributed by atoms with Gasteiger partial charge in [-0.3, -0.25) is 14.5 Å². The van der Waals surface area contributed by atoms with E-state index >= 15 is 0 Å². The molecular formula is C17H30F2N6O. The fraction of sp³-hybridized carbons (Fsp3) is 0.765. The molecule has 0 aliphatic carbocycles. The lowest BCUT2D eigenvalue weighted by Gasteiger charge is -2.35. The zero-order valence-corrected chi connectivity index (χ0v) is 15.8. The minimum absolute atomic E-state index is 0.184. The van der Waals surface area contributed by atoms with Crippen molar-refractivity contribution in [1.82, 2.24) is 25.1 Å². The number of hydrogen-bond acceptors (Lipinski definition) is 4. The Labute approximate surface area is 153 Å². The molecule has 7 nitrogen and oxygen atoms in total. The summed E-state index contributed by atoms with van der Waals surface area (Å²) in [4.78, 5) is 10.6. The van der Waals surface area contributed by atoms with Crippen LogP contribution in [0.2, 0.25) is 0 Å². The first-order valence-electron chi connectivity index (χ1n) is 9.07. The van der Waals surface area contributed by atoms with Gasteiger partial charge in [-0.05, 0) is 12.3 Å². The second-order valence-electron chi connectivity index (χ2n) is 6.77. The van der Waals surface area contributed by atoms with Crippen LogP contribution >= 0.6 is 0 Å². The van der Waals surface area contributed by atoms with Gasteiger partial charge in [0.1, 0.15) is 5.82 Å². The molecule has 0 bridgehead atoms. The summed E-state index contributed by atoms with van der Waals surface area (Å²) in [5.74, 6) is 1.43. The number of halogens is 2. The van der Waals surface area contributed by atoms with E-state index in [1.54, 1.807) is 7.05 Å². The van der Waals surface area contributed by atoms with Crippen molar-refractivity contribution in [2.75, 3.05) is 39.9 Å². The van der Waals surface area contributed by atoms with Crippen molar-refractivity contribution >= 4 is 5.96 Å². The maximum atomic E-state index is 12.9. The van der Waals surface area contributed by atoms with E-state index in [0.717, 1.165) is 43.8 Å². The summed E-state index contributed by atoms with van der Waals surface area (Å²) < 4.78 is 32.1. The van der Waals surface area contributed by atoms with Crippen molar-refractivity contribution < 1.29 is 13.5 Å². The summed E-state index contributed by atoms with van der Waals surface area (Å²) in [6, 6.07) is 0.375. The first-order chi connectivity index (χ1) is 12.5. The minimum atomic E-state index is -2.60. The van der Waals surface area contributed by atoms with E-state index in [9.17, 15) is 8.78 Å². The van der Waals surface area contributed by atoms with Gasteiger partial charge in [-0.1, -0.05) is 13.8 Å². The lowest BCUT2D eigenvalue weighted by molar-refractivity contribution is 0.0132. The quantitative estimate of drug-likeness (QED) is 0.537. The number of aromatic nitrogens is 2. The van der Waals surface area contributed by atoms with Crippen LogP contribution in [0.1, 0.15) is 32.6 Å². The number of imidazole rings is 1. The normalized spacial score (nSPS) is 17.7. The number of nitrogens with one attached hydrogen (secondary N) is 2. The minimum Gasteiger partial charge on any atom is -0.379 e. The van der Waals surface area contributed by atoms with Crippen LogP contribution in [0.3, 0.4) is 0 Å². The Hall–Kier alpha value is -1.74. The lowest BCUT2D eigenvalue weighted by atomic mass is 10.0. The molecule has 0 radical (unpaired) electrons. The van der Waals surface area contributed by atoms with Gasteiger partial charge in [-0.15, -0.1) is 0 Å². The third-order valence-corrected chi connectivity index (χ3v) is 4.41. The van der Waals surface area contributed by atoms with Gasteiger partial charge < -0.3 is 15.4 Å². The topological polar surface area (TPSA) is 66.7 Å². The zero-order chi connectivity index (χ0) is 18.9. The SMILES string of the molecule is CN=C(NCc1nccn1C(F)F)NCC(CC(C)C)N1CCOCC1. The van der Waals surface area contributed by atoms with Crippen molar-refractivity contribution in [2.45, 2.75) is 39.4 Å². The van der Waals surface area contributed by atoms with Gasteiger partial charge in [0.15, 0.2) is 5.96 Å². The van der Waals surface area contributed by atoms with E-state index < -0.39 is 6.55 Å². The number of nitrogens with zero attached hydrogens (tertiary/aromatic N) is 4. The van der Waals surface area contributed by atoms with Crippen LogP contribution in [0, 0.1) is 5.92 Å². The van der Waals surface area contributed by atoms with Crippen LogP contribution in [-0.4, -0.2) is 66.3 Å². The van der Waals surface area contributed by atoms with Gasteiger partial charge in [-0.2, -0.15) is 8.78 Å². The van der Waals surface area contributed by atoms with Crippen molar-refractivity contribution in [3.63, 3.8) is 0 Å². The first kappa shape index (κ1) is 20.6. The molecule has 1 fully saturated rings. The summed E-state index contributed by atoms with van der Waals surface area (Å²) in [6.45, 7) is 6.13. The average Bonchev–Trinajstić information content (AvgIpc) is 3.10. The van der Waals surface area contributed by atoms with Gasteiger partial charge in [0.05, 0.1) is 19.8 Å². The zero-order valence-electron chi connectivity index (χ0n) is 15.8. The molecular weight excluding hydrogens is 342 g/mol. The Kier molecular flexibility index (Phi) is 8.24. The van der Waals surface area contributed by atoms with Gasteiger partial charge in [0, 0.05) is 45.1 Å². The smallest absolute Gasteiger partial charge is 0.319 e. The molecule has 26 heavy (non-hydrogen) atoms. The summed E-state index contributed by atoms with van der Waals surface area (Å²) in [5.41, 5.74) is 0. The van der Waals surface area contributed by atoms with Gasteiger partial charge in [0.25, 0.3) is 0 Å². The molecule has 148 valence electrons. The molecule has 1 unspecified atom stereocenters. The van der Waals surface area contributed by atoms with Crippen molar-refractivity contribution in [3.8, 4) is 0 Å². The Morgan fingerprint density at radius 3 is 2.65 bits per heavy atom. The molecule has 0 aromatic carbocycles. The second-order valence-corrected chi connectivity index (χ2v) is 6.77. The predicted molar refractivity (Wildman–Crippen MR) is 97.3 cm³/mol. The molecule has 9 heteroatoms. The van der Waals surface area contributed by atoms with Gasteiger partial charge in [0.2, 0.25) is 0 Å². The van der Waals surface area contributed by atoms with E-state index in [-0.39, 0.29) is 12.4 Å². The maximum Gasteiger partial charge on any atom is 0.319 e. The third-order valence-electron chi connectivity index (χ3n) is 4.41. The highest BCUT2D eigenvalue weighted by molar-refractivity contribution is 5.79. The van der Waals surface area contributed by atoms with E-state index in [1.807, 2.05) is 0 Å². The van der Waals surface area contributed by atoms with Crippen LogP contribution in [0.4, 0.5) is 8.78 Å². The largest absolute Gasteiger partial charge is 0.379 e. The van der Waals surface area contributed by atoms with E-state index in [0.29, 0.717) is 17.9 Å². The number of ether oxygens (including phenoxy) is 1. The van der Waals surface area contributed by atoms with Gasteiger partial charge >= 0.3 is 6.55 Å². The number of morpholine rings is 1. The monoisotopic (exact) mass is 372 g/mol. The maximum absolute atomic E-state index is 12.9. The number of aliphatic imine (C=N–C) groups is 1. The summed E-state index contributed by atoms with van der Waals surface area (Å²) in [5, 5.41) is 6.37. The number of hydrogen-bond donors (Lipinski definition) is 2. The van der Waals surface area contributed by atoms with Crippen molar-refractivity contribution in [1.29, 1.82) is 0 Å². The number of guanidine groups is 1. The van der Waals surface area contributed by atoms with E-state index in [1.165, 1.54) is 12.4 Å². The fourth-order valence-corrected chi connectivity index (χ4v) is 3.10. The first-order valence-corrected chi connectivity index (χ1v) is 9.07. The van der Waals surface area contributed by atoms with Crippen LogP contribution in [0.25, 0.3) is 0 Å². The molecule has 1 saturated heterocycles. The number of alkyl halides is 2. The Bertz CT molecular complexity index is 557.